The van der Waals surface area contributed by atoms with Crippen molar-refractivity contribution in [1.29, 1.82) is 0 Å². The Morgan fingerprint density at radius 2 is 0.735 bits per heavy atom. The van der Waals surface area contributed by atoms with Crippen LogP contribution in [0.5, 0.6) is 0 Å². The van der Waals surface area contributed by atoms with Crippen molar-refractivity contribution in [3.8, 4) is 0 Å². The maximum absolute atomic E-state index is 2.35. The molecule has 0 radical (unpaired) electrons. The summed E-state index contributed by atoms with van der Waals surface area (Å²) in [4.78, 5) is 0. The van der Waals surface area contributed by atoms with E-state index < -0.39 is 0 Å². The maximum atomic E-state index is 2.35. The van der Waals surface area contributed by atoms with Gasteiger partial charge in [0.05, 0.1) is 0 Å². The maximum Gasteiger partial charge on any atom is -0.00230 e. The largest absolute Gasteiger partial charge is 0.0654 e. The molecule has 0 heteroatoms. The number of unbranched alkanes of at least 4 members (excludes halogenated alkanes) is 8. The molecule has 0 heterocycles. The summed E-state index contributed by atoms with van der Waals surface area (Å²) in [6, 6.07) is 27.5. The lowest BCUT2D eigenvalue weighted by atomic mass is 9.93. The number of hydrogen-bond acceptors (Lipinski definition) is 0. The second-order valence-corrected chi connectivity index (χ2v) is 10.0. The average molecular weight is 455 g/mol. The molecule has 0 bridgehead atoms. The fourth-order valence-corrected chi connectivity index (χ4v) is 5.00. The average Bonchev–Trinajstić information content (AvgIpc) is 2.87. The lowest BCUT2D eigenvalue weighted by Gasteiger charge is -2.12. The monoisotopic (exact) mass is 454 g/mol. The van der Waals surface area contributed by atoms with Crippen LogP contribution in [-0.2, 0) is 25.7 Å². The van der Waals surface area contributed by atoms with E-state index in [1.807, 2.05) is 0 Å². The van der Waals surface area contributed by atoms with Crippen molar-refractivity contribution in [2.24, 2.45) is 0 Å². The van der Waals surface area contributed by atoms with E-state index in [4.69, 9.17) is 0 Å². The Kier molecular flexibility index (Phi) is 12.0. The third-order valence-electron chi connectivity index (χ3n) is 7.15. The van der Waals surface area contributed by atoms with E-state index >= 15 is 0 Å². The molecule has 0 saturated carbocycles. The zero-order chi connectivity index (χ0) is 23.8. The summed E-state index contributed by atoms with van der Waals surface area (Å²) in [5.74, 6) is 0. The number of benzene rings is 3. The third kappa shape index (κ3) is 9.13. The van der Waals surface area contributed by atoms with Gasteiger partial charge in [-0.25, -0.2) is 0 Å². The molecule has 0 fully saturated rings. The molecule has 0 amide bonds. The fourth-order valence-electron chi connectivity index (χ4n) is 5.00. The summed E-state index contributed by atoms with van der Waals surface area (Å²) in [6.45, 7) is 4.57. The first-order valence-corrected chi connectivity index (χ1v) is 14.0. The second kappa shape index (κ2) is 15.5. The van der Waals surface area contributed by atoms with E-state index in [0.717, 1.165) is 12.8 Å². The van der Waals surface area contributed by atoms with Crippen LogP contribution < -0.4 is 0 Å². The highest BCUT2D eigenvalue weighted by molar-refractivity contribution is 5.37. The van der Waals surface area contributed by atoms with Gasteiger partial charge in [0.15, 0.2) is 0 Å². The standard InChI is InChI=1S/C34H46/c1-3-5-7-9-11-17-31-19-13-15-21-33(31)27-29-23-25-30(26-24-29)28-34-22-16-14-20-32(34)18-12-10-8-6-4-2/h13-16,19-26H,3-12,17-18,27-28H2,1-2H3. The molecule has 0 aromatic heterocycles. The predicted molar refractivity (Wildman–Crippen MR) is 150 cm³/mol. The molecule has 0 aliphatic rings. The first-order valence-electron chi connectivity index (χ1n) is 14.0. The minimum atomic E-state index is 1.04. The molecule has 34 heavy (non-hydrogen) atoms. The predicted octanol–water partition coefficient (Wildman–Crippen LogP) is 9.89. The van der Waals surface area contributed by atoms with Crippen LogP contribution in [0.25, 0.3) is 0 Å². The van der Waals surface area contributed by atoms with Gasteiger partial charge in [-0.1, -0.05) is 138 Å². The number of rotatable bonds is 16. The van der Waals surface area contributed by atoms with Gasteiger partial charge in [0.2, 0.25) is 0 Å². The summed E-state index contributed by atoms with van der Waals surface area (Å²) >= 11 is 0. The van der Waals surface area contributed by atoms with E-state index in [1.54, 1.807) is 0 Å². The Morgan fingerprint density at radius 3 is 1.12 bits per heavy atom. The van der Waals surface area contributed by atoms with Gasteiger partial charge in [-0.05, 0) is 71.9 Å². The highest BCUT2D eigenvalue weighted by Crippen LogP contribution is 2.21. The Labute approximate surface area is 209 Å². The quantitative estimate of drug-likeness (QED) is 0.189. The Bertz CT molecular complexity index is 856. The zero-order valence-electron chi connectivity index (χ0n) is 21.8. The Balaban J connectivity index is 1.55. The van der Waals surface area contributed by atoms with Crippen LogP contribution in [0.1, 0.15) is 111 Å². The first kappa shape index (κ1) is 26.3. The molecule has 0 atom stereocenters. The van der Waals surface area contributed by atoms with Crippen molar-refractivity contribution in [2.45, 2.75) is 104 Å². The summed E-state index contributed by atoms with van der Waals surface area (Å²) in [6.07, 6.45) is 18.0. The highest BCUT2D eigenvalue weighted by atomic mass is 14.1. The van der Waals surface area contributed by atoms with Gasteiger partial charge in [-0.2, -0.15) is 0 Å². The second-order valence-electron chi connectivity index (χ2n) is 10.0. The van der Waals surface area contributed by atoms with Crippen LogP contribution in [0, 0.1) is 0 Å². The Morgan fingerprint density at radius 1 is 0.382 bits per heavy atom. The molecule has 3 rings (SSSR count). The molecular weight excluding hydrogens is 408 g/mol. The van der Waals surface area contributed by atoms with Gasteiger partial charge in [0.1, 0.15) is 0 Å². The summed E-state index contributed by atoms with van der Waals surface area (Å²) in [5.41, 5.74) is 8.92. The minimum Gasteiger partial charge on any atom is -0.0654 e. The van der Waals surface area contributed by atoms with Crippen molar-refractivity contribution >= 4 is 0 Å². The van der Waals surface area contributed by atoms with Crippen LogP contribution in [-0.4, -0.2) is 0 Å². The third-order valence-corrected chi connectivity index (χ3v) is 7.15. The van der Waals surface area contributed by atoms with Crippen molar-refractivity contribution in [2.75, 3.05) is 0 Å². The van der Waals surface area contributed by atoms with E-state index in [-0.39, 0.29) is 0 Å². The summed E-state index contributed by atoms with van der Waals surface area (Å²) in [5, 5.41) is 0. The van der Waals surface area contributed by atoms with Gasteiger partial charge in [0, 0.05) is 0 Å². The molecule has 0 nitrogen and oxygen atoms in total. The summed E-state index contributed by atoms with van der Waals surface area (Å²) in [7, 11) is 0. The van der Waals surface area contributed by atoms with Crippen LogP contribution in [0.15, 0.2) is 72.8 Å². The Hall–Kier alpha value is -2.34. The summed E-state index contributed by atoms with van der Waals surface area (Å²) < 4.78 is 0. The first-order chi connectivity index (χ1) is 16.8. The van der Waals surface area contributed by atoms with Gasteiger partial charge >= 0.3 is 0 Å². The minimum absolute atomic E-state index is 1.04. The van der Waals surface area contributed by atoms with Gasteiger partial charge < -0.3 is 0 Å². The molecule has 0 spiro atoms. The van der Waals surface area contributed by atoms with Gasteiger partial charge in [-0.15, -0.1) is 0 Å². The molecular formula is C34H46. The highest BCUT2D eigenvalue weighted by Gasteiger charge is 2.06. The molecule has 0 N–H and O–H groups in total. The topological polar surface area (TPSA) is 0 Å². The molecule has 0 unspecified atom stereocenters. The molecule has 3 aromatic rings. The lowest BCUT2D eigenvalue weighted by Crippen LogP contribution is -1.98. The van der Waals surface area contributed by atoms with Crippen molar-refractivity contribution < 1.29 is 0 Å². The van der Waals surface area contributed by atoms with E-state index in [2.05, 4.69) is 86.6 Å². The van der Waals surface area contributed by atoms with E-state index in [0.29, 0.717) is 0 Å². The molecule has 0 aliphatic heterocycles. The van der Waals surface area contributed by atoms with Crippen molar-refractivity contribution in [3.63, 3.8) is 0 Å². The van der Waals surface area contributed by atoms with Crippen LogP contribution >= 0.6 is 0 Å². The van der Waals surface area contributed by atoms with Gasteiger partial charge in [0.25, 0.3) is 0 Å². The van der Waals surface area contributed by atoms with E-state index in [1.165, 1.54) is 110 Å². The molecule has 3 aromatic carbocycles. The van der Waals surface area contributed by atoms with Crippen molar-refractivity contribution in [3.05, 3.63) is 106 Å². The zero-order valence-corrected chi connectivity index (χ0v) is 21.8. The van der Waals surface area contributed by atoms with Crippen molar-refractivity contribution in [1.82, 2.24) is 0 Å². The SMILES string of the molecule is CCCCCCCc1ccccc1Cc1ccc(Cc2ccccc2CCCCCCC)cc1. The smallest absolute Gasteiger partial charge is 0.00230 e. The molecule has 182 valence electrons. The molecule has 0 aliphatic carbocycles. The molecule has 0 saturated heterocycles. The van der Waals surface area contributed by atoms with Crippen LogP contribution in [0.3, 0.4) is 0 Å². The number of hydrogen-bond donors (Lipinski definition) is 0. The van der Waals surface area contributed by atoms with E-state index in [9.17, 15) is 0 Å². The fraction of sp³-hybridized carbons (Fsp3) is 0.471. The normalized spacial score (nSPS) is 11.1. The van der Waals surface area contributed by atoms with Crippen LogP contribution in [0.2, 0.25) is 0 Å². The lowest BCUT2D eigenvalue weighted by molar-refractivity contribution is 0.631. The van der Waals surface area contributed by atoms with Crippen LogP contribution in [0.4, 0.5) is 0 Å². The number of aryl methyl sites for hydroxylation is 2. The van der Waals surface area contributed by atoms with Gasteiger partial charge in [-0.3, -0.25) is 0 Å².